The Morgan fingerprint density at radius 2 is 2.30 bits per heavy atom. The summed E-state index contributed by atoms with van der Waals surface area (Å²) in [7, 11) is 0. The average Bonchev–Trinajstić information content (AvgIpc) is 2.61. The molecule has 0 aromatic carbocycles. The number of hydrogen-bond donors (Lipinski definition) is 1. The summed E-state index contributed by atoms with van der Waals surface area (Å²) >= 11 is 0. The predicted molar refractivity (Wildman–Crippen MR) is 34.2 cm³/mol. The van der Waals surface area contributed by atoms with E-state index < -0.39 is 0 Å². The van der Waals surface area contributed by atoms with Crippen molar-refractivity contribution in [1.29, 1.82) is 0 Å². The lowest BCUT2D eigenvalue weighted by molar-refractivity contribution is -0.123. The van der Waals surface area contributed by atoms with Gasteiger partial charge < -0.3 is 10.5 Å². The first kappa shape index (κ1) is 5.70. The molecule has 1 aliphatic carbocycles. The standard InChI is InChI=1S/C6H8N2O2/c7-6-8-5(9)4(10-6)3-1-2-3/h3-4H,1-2H2,(H2,7,8,9). The van der Waals surface area contributed by atoms with Crippen LogP contribution in [0.15, 0.2) is 4.99 Å². The van der Waals surface area contributed by atoms with Crippen LogP contribution < -0.4 is 5.73 Å². The van der Waals surface area contributed by atoms with Gasteiger partial charge in [0.2, 0.25) is 0 Å². The van der Waals surface area contributed by atoms with Gasteiger partial charge in [0.05, 0.1) is 0 Å². The third-order valence-electron chi connectivity index (χ3n) is 1.76. The monoisotopic (exact) mass is 140 g/mol. The average molecular weight is 140 g/mol. The van der Waals surface area contributed by atoms with E-state index in [1.165, 1.54) is 0 Å². The smallest absolute Gasteiger partial charge is 0.291 e. The molecule has 1 aliphatic heterocycles. The van der Waals surface area contributed by atoms with E-state index in [0.29, 0.717) is 5.92 Å². The lowest BCUT2D eigenvalue weighted by Crippen LogP contribution is -2.22. The van der Waals surface area contributed by atoms with Gasteiger partial charge in [0.15, 0.2) is 6.10 Å². The molecule has 2 aliphatic rings. The molecule has 1 saturated carbocycles. The Morgan fingerprint density at radius 1 is 1.60 bits per heavy atom. The van der Waals surface area contributed by atoms with Gasteiger partial charge in [-0.2, -0.15) is 4.99 Å². The van der Waals surface area contributed by atoms with E-state index in [1.807, 2.05) is 0 Å². The highest BCUT2D eigenvalue weighted by molar-refractivity contribution is 5.98. The number of rotatable bonds is 1. The molecule has 10 heavy (non-hydrogen) atoms. The van der Waals surface area contributed by atoms with Crippen LogP contribution in [0.1, 0.15) is 12.8 Å². The zero-order chi connectivity index (χ0) is 7.14. The van der Waals surface area contributed by atoms with E-state index in [4.69, 9.17) is 10.5 Å². The highest BCUT2D eigenvalue weighted by Crippen LogP contribution is 2.36. The van der Waals surface area contributed by atoms with Crippen molar-refractivity contribution in [2.24, 2.45) is 16.6 Å². The van der Waals surface area contributed by atoms with E-state index in [2.05, 4.69) is 4.99 Å². The van der Waals surface area contributed by atoms with Crippen LogP contribution >= 0.6 is 0 Å². The number of nitrogens with zero attached hydrogens (tertiary/aromatic N) is 1. The topological polar surface area (TPSA) is 64.7 Å². The first-order chi connectivity index (χ1) is 4.77. The Hall–Kier alpha value is -1.06. The largest absolute Gasteiger partial charge is 0.451 e. The van der Waals surface area contributed by atoms with Crippen molar-refractivity contribution in [3.05, 3.63) is 0 Å². The fourth-order valence-corrected chi connectivity index (χ4v) is 1.08. The van der Waals surface area contributed by atoms with Crippen LogP contribution in [-0.4, -0.2) is 18.0 Å². The number of hydrogen-bond acceptors (Lipinski definition) is 3. The zero-order valence-electron chi connectivity index (χ0n) is 5.41. The summed E-state index contributed by atoms with van der Waals surface area (Å²) in [5.41, 5.74) is 5.19. The van der Waals surface area contributed by atoms with Crippen molar-refractivity contribution in [3.8, 4) is 0 Å². The summed E-state index contributed by atoms with van der Waals surface area (Å²) in [5, 5.41) is 0. The predicted octanol–water partition coefficient (Wildman–Crippen LogP) is -0.364. The molecule has 1 amide bonds. The lowest BCUT2D eigenvalue weighted by Gasteiger charge is -2.03. The van der Waals surface area contributed by atoms with Crippen LogP contribution in [0, 0.1) is 5.92 Å². The molecular weight excluding hydrogens is 132 g/mol. The summed E-state index contributed by atoms with van der Waals surface area (Å²) in [6.07, 6.45) is 1.79. The number of nitrogens with two attached hydrogens (primary N) is 1. The normalized spacial score (nSPS) is 31.8. The fourth-order valence-electron chi connectivity index (χ4n) is 1.08. The van der Waals surface area contributed by atoms with Crippen molar-refractivity contribution in [1.82, 2.24) is 0 Å². The molecule has 0 saturated heterocycles. The molecule has 0 aromatic heterocycles. The van der Waals surface area contributed by atoms with Gasteiger partial charge in [0.1, 0.15) is 0 Å². The van der Waals surface area contributed by atoms with Gasteiger partial charge in [-0.05, 0) is 12.8 Å². The molecule has 54 valence electrons. The second-order valence-electron chi connectivity index (χ2n) is 2.66. The van der Waals surface area contributed by atoms with Crippen LogP contribution in [-0.2, 0) is 9.53 Å². The minimum Gasteiger partial charge on any atom is -0.451 e. The molecule has 4 heteroatoms. The van der Waals surface area contributed by atoms with Crippen LogP contribution in [0.2, 0.25) is 0 Å². The number of carbonyl (C=O) groups excluding carboxylic acids is 1. The van der Waals surface area contributed by atoms with E-state index >= 15 is 0 Å². The van der Waals surface area contributed by atoms with Crippen LogP contribution in [0.5, 0.6) is 0 Å². The molecule has 0 spiro atoms. The Kier molecular flexibility index (Phi) is 0.977. The van der Waals surface area contributed by atoms with E-state index in [-0.39, 0.29) is 18.0 Å². The summed E-state index contributed by atoms with van der Waals surface area (Å²) < 4.78 is 4.98. The third kappa shape index (κ3) is 0.761. The van der Waals surface area contributed by atoms with Gasteiger partial charge in [-0.25, -0.2) is 0 Å². The van der Waals surface area contributed by atoms with Gasteiger partial charge in [-0.1, -0.05) is 0 Å². The van der Waals surface area contributed by atoms with E-state index in [9.17, 15) is 4.79 Å². The van der Waals surface area contributed by atoms with Crippen LogP contribution in [0.25, 0.3) is 0 Å². The molecule has 1 fully saturated rings. The molecule has 0 aromatic rings. The highest BCUT2D eigenvalue weighted by Gasteiger charge is 2.41. The molecule has 2 rings (SSSR count). The third-order valence-corrected chi connectivity index (χ3v) is 1.76. The van der Waals surface area contributed by atoms with Gasteiger partial charge in [-0.15, -0.1) is 0 Å². The van der Waals surface area contributed by atoms with Crippen molar-refractivity contribution < 1.29 is 9.53 Å². The van der Waals surface area contributed by atoms with E-state index in [1.54, 1.807) is 0 Å². The molecule has 1 unspecified atom stereocenters. The Bertz CT molecular complexity index is 208. The molecule has 1 atom stereocenters. The maximum absolute atomic E-state index is 10.9. The molecule has 1 heterocycles. The molecule has 2 N–H and O–H groups in total. The van der Waals surface area contributed by atoms with E-state index in [0.717, 1.165) is 12.8 Å². The minimum atomic E-state index is -0.347. The van der Waals surface area contributed by atoms with Crippen molar-refractivity contribution in [2.45, 2.75) is 18.9 Å². The number of ether oxygens (including phenoxy) is 1. The molecule has 0 radical (unpaired) electrons. The molecular formula is C6H8N2O2. The first-order valence-corrected chi connectivity index (χ1v) is 3.32. The van der Waals surface area contributed by atoms with Crippen LogP contribution in [0.4, 0.5) is 0 Å². The van der Waals surface area contributed by atoms with Gasteiger partial charge in [0.25, 0.3) is 11.9 Å². The lowest BCUT2D eigenvalue weighted by atomic mass is 10.2. The SMILES string of the molecule is NC1=NC(=O)C(C2CC2)O1. The van der Waals surface area contributed by atoms with Gasteiger partial charge >= 0.3 is 0 Å². The maximum atomic E-state index is 10.9. The summed E-state index contributed by atoms with van der Waals surface area (Å²) in [5.74, 6) is 0.178. The highest BCUT2D eigenvalue weighted by atomic mass is 16.5. The number of aliphatic imine (C=N–C) groups is 1. The maximum Gasteiger partial charge on any atom is 0.291 e. The summed E-state index contributed by atoms with van der Waals surface area (Å²) in [6, 6.07) is 0.0295. The number of amidine groups is 1. The number of amides is 1. The minimum absolute atomic E-state index is 0.0295. The Labute approximate surface area is 58.1 Å². The molecule has 0 bridgehead atoms. The second kappa shape index (κ2) is 1.71. The quantitative estimate of drug-likeness (QED) is 0.540. The number of carbonyl (C=O) groups is 1. The summed E-state index contributed by atoms with van der Waals surface area (Å²) in [4.78, 5) is 14.3. The van der Waals surface area contributed by atoms with Gasteiger partial charge in [0, 0.05) is 5.92 Å². The van der Waals surface area contributed by atoms with Crippen molar-refractivity contribution >= 4 is 11.9 Å². The zero-order valence-corrected chi connectivity index (χ0v) is 5.41. The Balaban J connectivity index is 2.08. The second-order valence-corrected chi connectivity index (χ2v) is 2.66. The fraction of sp³-hybridized carbons (Fsp3) is 0.667. The van der Waals surface area contributed by atoms with Crippen LogP contribution in [0.3, 0.4) is 0 Å². The van der Waals surface area contributed by atoms with Crippen molar-refractivity contribution in [2.75, 3.05) is 0 Å². The first-order valence-electron chi connectivity index (χ1n) is 3.32. The van der Waals surface area contributed by atoms with Gasteiger partial charge in [-0.3, -0.25) is 4.79 Å². The molecule has 4 nitrogen and oxygen atoms in total. The summed E-state index contributed by atoms with van der Waals surface area (Å²) in [6.45, 7) is 0. The van der Waals surface area contributed by atoms with Crippen molar-refractivity contribution in [3.63, 3.8) is 0 Å². The Morgan fingerprint density at radius 3 is 2.70 bits per heavy atom.